The number of rotatable bonds is 3. The SMILES string of the molecule is CC1=NN(c2ccc([N+](=O)[O-])cc2)C(=O)/C1=C/c1ccc(Cl)cc1Cl. The van der Waals surface area contributed by atoms with Crippen molar-refractivity contribution in [1.82, 2.24) is 0 Å². The molecule has 0 atom stereocenters. The Morgan fingerprint density at radius 3 is 2.44 bits per heavy atom. The molecule has 0 bridgehead atoms. The van der Waals surface area contributed by atoms with Gasteiger partial charge in [0.2, 0.25) is 0 Å². The van der Waals surface area contributed by atoms with Crippen LogP contribution in [0.15, 0.2) is 53.1 Å². The predicted octanol–water partition coefficient (Wildman–Crippen LogP) is 4.71. The molecule has 3 rings (SSSR count). The molecule has 0 unspecified atom stereocenters. The molecule has 0 N–H and O–H groups in total. The van der Waals surface area contributed by atoms with Crippen molar-refractivity contribution in [2.75, 3.05) is 5.01 Å². The van der Waals surface area contributed by atoms with Crippen molar-refractivity contribution >= 4 is 52.3 Å². The normalized spacial score (nSPS) is 15.6. The lowest BCUT2D eigenvalue weighted by atomic mass is 10.1. The third kappa shape index (κ3) is 3.40. The van der Waals surface area contributed by atoms with Crippen LogP contribution in [0.2, 0.25) is 10.0 Å². The van der Waals surface area contributed by atoms with Gasteiger partial charge < -0.3 is 0 Å². The zero-order valence-electron chi connectivity index (χ0n) is 12.9. The number of hydrogen-bond donors (Lipinski definition) is 0. The van der Waals surface area contributed by atoms with E-state index in [-0.39, 0.29) is 11.6 Å². The van der Waals surface area contributed by atoms with E-state index >= 15 is 0 Å². The van der Waals surface area contributed by atoms with Crippen molar-refractivity contribution in [2.24, 2.45) is 5.10 Å². The Labute approximate surface area is 153 Å². The molecule has 0 aromatic heterocycles. The molecule has 1 aliphatic rings. The zero-order valence-corrected chi connectivity index (χ0v) is 14.5. The second kappa shape index (κ2) is 6.66. The van der Waals surface area contributed by atoms with Crippen LogP contribution < -0.4 is 5.01 Å². The van der Waals surface area contributed by atoms with Gasteiger partial charge in [-0.15, -0.1) is 0 Å². The van der Waals surface area contributed by atoms with Gasteiger partial charge in [0.1, 0.15) is 0 Å². The first-order valence-electron chi connectivity index (χ1n) is 7.18. The molecular formula is C17H11Cl2N3O3. The molecule has 2 aromatic rings. The number of amides is 1. The van der Waals surface area contributed by atoms with Gasteiger partial charge in [-0.1, -0.05) is 29.3 Å². The average Bonchev–Trinajstić information content (AvgIpc) is 2.85. The van der Waals surface area contributed by atoms with Gasteiger partial charge in [0, 0.05) is 22.2 Å². The van der Waals surface area contributed by atoms with E-state index in [9.17, 15) is 14.9 Å². The summed E-state index contributed by atoms with van der Waals surface area (Å²) >= 11 is 12.0. The van der Waals surface area contributed by atoms with Crippen LogP contribution in [-0.2, 0) is 4.79 Å². The average molecular weight is 376 g/mol. The van der Waals surface area contributed by atoms with Gasteiger partial charge in [-0.25, -0.2) is 0 Å². The fourth-order valence-electron chi connectivity index (χ4n) is 2.35. The molecule has 126 valence electrons. The Kier molecular flexibility index (Phi) is 4.57. The first kappa shape index (κ1) is 17.1. The number of nitro benzene ring substituents is 1. The highest BCUT2D eigenvalue weighted by molar-refractivity contribution is 6.36. The summed E-state index contributed by atoms with van der Waals surface area (Å²) in [6.45, 7) is 1.71. The fourth-order valence-corrected chi connectivity index (χ4v) is 2.81. The molecule has 8 heteroatoms. The molecule has 1 aliphatic heterocycles. The van der Waals surface area contributed by atoms with E-state index in [4.69, 9.17) is 23.2 Å². The summed E-state index contributed by atoms with van der Waals surface area (Å²) in [7, 11) is 0. The third-order valence-electron chi connectivity index (χ3n) is 3.63. The Morgan fingerprint density at radius 1 is 1.16 bits per heavy atom. The highest BCUT2D eigenvalue weighted by Crippen LogP contribution is 2.29. The quantitative estimate of drug-likeness (QED) is 0.442. The van der Waals surface area contributed by atoms with Crippen LogP contribution in [0.5, 0.6) is 0 Å². The van der Waals surface area contributed by atoms with Crippen molar-refractivity contribution in [1.29, 1.82) is 0 Å². The molecule has 0 radical (unpaired) electrons. The van der Waals surface area contributed by atoms with Gasteiger partial charge in [-0.05, 0) is 42.8 Å². The van der Waals surface area contributed by atoms with E-state index in [1.807, 2.05) is 0 Å². The number of carbonyl (C=O) groups excluding carboxylic acids is 1. The molecule has 25 heavy (non-hydrogen) atoms. The Hall–Kier alpha value is -2.70. The van der Waals surface area contributed by atoms with E-state index in [1.54, 1.807) is 31.2 Å². The molecule has 1 amide bonds. The van der Waals surface area contributed by atoms with E-state index in [1.165, 1.54) is 29.3 Å². The minimum absolute atomic E-state index is 0.0557. The summed E-state index contributed by atoms with van der Waals surface area (Å²) in [5, 5.41) is 17.1. The molecule has 0 saturated heterocycles. The van der Waals surface area contributed by atoms with Crippen LogP contribution in [0.3, 0.4) is 0 Å². The number of hydrazone groups is 1. The van der Waals surface area contributed by atoms with Crippen molar-refractivity contribution in [3.8, 4) is 0 Å². The molecule has 1 heterocycles. The van der Waals surface area contributed by atoms with Crippen LogP contribution in [0.4, 0.5) is 11.4 Å². The van der Waals surface area contributed by atoms with E-state index < -0.39 is 4.92 Å². The lowest BCUT2D eigenvalue weighted by Crippen LogP contribution is -2.21. The van der Waals surface area contributed by atoms with Crippen molar-refractivity contribution in [3.63, 3.8) is 0 Å². The van der Waals surface area contributed by atoms with Crippen LogP contribution in [0, 0.1) is 10.1 Å². The van der Waals surface area contributed by atoms with Crippen molar-refractivity contribution in [2.45, 2.75) is 6.92 Å². The summed E-state index contributed by atoms with van der Waals surface area (Å²) in [5.41, 5.74) is 1.95. The molecule has 0 spiro atoms. The summed E-state index contributed by atoms with van der Waals surface area (Å²) in [6, 6.07) is 10.6. The molecule has 0 aliphatic carbocycles. The van der Waals surface area contributed by atoms with Crippen LogP contribution in [0.25, 0.3) is 6.08 Å². The minimum Gasteiger partial charge on any atom is -0.267 e. The number of halogens is 2. The summed E-state index contributed by atoms with van der Waals surface area (Å²) < 4.78 is 0. The lowest BCUT2D eigenvalue weighted by Gasteiger charge is -2.11. The lowest BCUT2D eigenvalue weighted by molar-refractivity contribution is -0.384. The van der Waals surface area contributed by atoms with E-state index in [2.05, 4.69) is 5.10 Å². The molecule has 0 fully saturated rings. The van der Waals surface area contributed by atoms with Gasteiger partial charge in [-0.3, -0.25) is 14.9 Å². The largest absolute Gasteiger partial charge is 0.280 e. The number of nitro groups is 1. The van der Waals surface area contributed by atoms with Crippen LogP contribution in [-0.4, -0.2) is 16.5 Å². The summed E-state index contributed by atoms with van der Waals surface area (Å²) in [4.78, 5) is 22.9. The second-order valence-corrected chi connectivity index (χ2v) is 6.14. The summed E-state index contributed by atoms with van der Waals surface area (Å²) in [5.74, 6) is -0.336. The van der Waals surface area contributed by atoms with Gasteiger partial charge in [0.15, 0.2) is 0 Å². The molecule has 0 saturated carbocycles. The number of hydrogen-bond acceptors (Lipinski definition) is 4. The Balaban J connectivity index is 1.93. The molecule has 2 aromatic carbocycles. The fraction of sp³-hybridized carbons (Fsp3) is 0.0588. The third-order valence-corrected chi connectivity index (χ3v) is 4.19. The van der Waals surface area contributed by atoms with E-state index in [0.717, 1.165) is 0 Å². The maximum atomic E-state index is 12.7. The number of non-ortho nitro benzene ring substituents is 1. The summed E-state index contributed by atoms with van der Waals surface area (Å²) in [6.07, 6.45) is 1.64. The smallest absolute Gasteiger partial charge is 0.267 e. The molecule has 6 nitrogen and oxygen atoms in total. The van der Waals surface area contributed by atoms with Gasteiger partial charge in [-0.2, -0.15) is 10.1 Å². The van der Waals surface area contributed by atoms with Crippen molar-refractivity contribution < 1.29 is 9.72 Å². The van der Waals surface area contributed by atoms with Gasteiger partial charge in [0.25, 0.3) is 11.6 Å². The van der Waals surface area contributed by atoms with Crippen LogP contribution >= 0.6 is 23.2 Å². The highest BCUT2D eigenvalue weighted by atomic mass is 35.5. The number of nitrogens with zero attached hydrogens (tertiary/aromatic N) is 3. The number of carbonyl (C=O) groups is 1. The first-order chi connectivity index (χ1) is 11.9. The standard InChI is InChI=1S/C17H11Cl2N3O3/c1-10-15(8-11-2-3-12(18)9-16(11)19)17(23)21(20-10)13-4-6-14(7-5-13)22(24)25/h2-9H,1H3/b15-8+. The maximum Gasteiger partial charge on any atom is 0.280 e. The first-order valence-corrected chi connectivity index (χ1v) is 7.93. The monoisotopic (exact) mass is 375 g/mol. The molecular weight excluding hydrogens is 365 g/mol. The zero-order chi connectivity index (χ0) is 18.1. The van der Waals surface area contributed by atoms with Gasteiger partial charge >= 0.3 is 0 Å². The minimum atomic E-state index is -0.502. The Bertz CT molecular complexity index is 937. The highest BCUT2D eigenvalue weighted by Gasteiger charge is 2.29. The second-order valence-electron chi connectivity index (χ2n) is 5.30. The van der Waals surface area contributed by atoms with Gasteiger partial charge in [0.05, 0.1) is 21.9 Å². The van der Waals surface area contributed by atoms with Crippen LogP contribution in [0.1, 0.15) is 12.5 Å². The Morgan fingerprint density at radius 2 is 1.84 bits per heavy atom. The van der Waals surface area contributed by atoms with E-state index in [0.29, 0.717) is 32.6 Å². The number of benzene rings is 2. The predicted molar refractivity (Wildman–Crippen MR) is 98.1 cm³/mol. The number of anilines is 1. The maximum absolute atomic E-state index is 12.7. The topological polar surface area (TPSA) is 75.8 Å². The van der Waals surface area contributed by atoms with Crippen molar-refractivity contribution in [3.05, 3.63) is 73.8 Å².